The van der Waals surface area contributed by atoms with Crippen molar-refractivity contribution in [2.75, 3.05) is 7.11 Å². The number of benzene rings is 4. The van der Waals surface area contributed by atoms with Gasteiger partial charge in [0.1, 0.15) is 5.75 Å². The van der Waals surface area contributed by atoms with Crippen LogP contribution in [-0.2, 0) is 16.1 Å². The largest absolute Gasteiger partial charge is 0.466 e. The van der Waals surface area contributed by atoms with Gasteiger partial charge in [0.05, 0.1) is 30.8 Å². The number of allylic oxidation sites excluding steroid dienone is 1. The fourth-order valence-electron chi connectivity index (χ4n) is 4.72. The first-order valence-corrected chi connectivity index (χ1v) is 12.2. The number of fused-ring (bicyclic) bond motifs is 1. The molecule has 1 heterocycles. The second-order valence-electron chi connectivity index (χ2n) is 8.90. The molecule has 0 saturated carbocycles. The SMILES string of the molecule is COC(=O)C1=C(C)N(Cc2ccccc2)C(=O)N[C@@H]1c1c(OC(=O)c2ccccc2)ccc2ccccc12. The molecule has 0 aliphatic carbocycles. The fraction of sp³-hybridized carbons (Fsp3) is 0.129. The van der Waals surface area contributed by atoms with Crippen LogP contribution in [0.1, 0.15) is 34.5 Å². The Morgan fingerprint density at radius 3 is 2.21 bits per heavy atom. The number of carbonyl (C=O) groups excluding carboxylic acids is 3. The number of esters is 2. The molecule has 1 aliphatic rings. The smallest absolute Gasteiger partial charge is 0.343 e. The number of ether oxygens (including phenoxy) is 2. The van der Waals surface area contributed by atoms with Crippen LogP contribution in [0.25, 0.3) is 10.8 Å². The number of nitrogens with one attached hydrogen (secondary N) is 1. The van der Waals surface area contributed by atoms with Gasteiger partial charge in [0, 0.05) is 11.3 Å². The number of nitrogens with zero attached hydrogens (tertiary/aromatic N) is 1. The van der Waals surface area contributed by atoms with E-state index in [1.807, 2.05) is 66.7 Å². The van der Waals surface area contributed by atoms with Crippen LogP contribution in [0.2, 0.25) is 0 Å². The van der Waals surface area contributed by atoms with Gasteiger partial charge in [-0.15, -0.1) is 0 Å². The molecule has 2 amide bonds. The molecule has 1 N–H and O–H groups in total. The first-order chi connectivity index (χ1) is 18.5. The number of urea groups is 1. The Morgan fingerprint density at radius 1 is 0.842 bits per heavy atom. The van der Waals surface area contributed by atoms with E-state index in [0.29, 0.717) is 16.8 Å². The summed E-state index contributed by atoms with van der Waals surface area (Å²) in [6.07, 6.45) is 0. The molecule has 7 nitrogen and oxygen atoms in total. The van der Waals surface area contributed by atoms with Gasteiger partial charge in [-0.05, 0) is 41.5 Å². The van der Waals surface area contributed by atoms with Crippen molar-refractivity contribution in [2.24, 2.45) is 0 Å². The van der Waals surface area contributed by atoms with Crippen LogP contribution in [-0.4, -0.2) is 30.0 Å². The molecular formula is C31H26N2O5. The predicted octanol–water partition coefficient (Wildman–Crippen LogP) is 5.77. The van der Waals surface area contributed by atoms with Gasteiger partial charge in [0.25, 0.3) is 0 Å². The molecule has 4 aromatic rings. The standard InChI is InChI=1S/C31H26N2O5/c1-20-26(30(35)37-2)28(32-31(36)33(20)19-21-11-5-3-6-12-21)27-24-16-10-9-13-22(24)17-18-25(27)38-29(34)23-14-7-4-8-15-23/h3-18,28H,19H2,1-2H3,(H,32,36)/t28-/m0/s1. The summed E-state index contributed by atoms with van der Waals surface area (Å²) in [4.78, 5) is 41.2. The molecule has 0 radical (unpaired) electrons. The number of hydrogen-bond acceptors (Lipinski definition) is 5. The molecule has 7 heteroatoms. The van der Waals surface area contributed by atoms with Crippen molar-refractivity contribution in [1.82, 2.24) is 10.2 Å². The Bertz CT molecular complexity index is 1550. The van der Waals surface area contributed by atoms with Crippen LogP contribution < -0.4 is 10.1 Å². The van der Waals surface area contributed by atoms with E-state index in [0.717, 1.165) is 16.3 Å². The topological polar surface area (TPSA) is 84.9 Å². The van der Waals surface area contributed by atoms with Gasteiger partial charge in [0.15, 0.2) is 0 Å². The Balaban J connectivity index is 1.65. The summed E-state index contributed by atoms with van der Waals surface area (Å²) in [6.45, 7) is 2.00. The Hall–Kier alpha value is -4.91. The minimum absolute atomic E-state index is 0.244. The lowest BCUT2D eigenvalue weighted by Gasteiger charge is -2.36. The second kappa shape index (κ2) is 10.6. The molecule has 190 valence electrons. The molecule has 0 fully saturated rings. The maximum absolute atomic E-state index is 13.5. The monoisotopic (exact) mass is 506 g/mol. The van der Waals surface area contributed by atoms with Crippen molar-refractivity contribution in [3.05, 3.63) is 125 Å². The fourth-order valence-corrected chi connectivity index (χ4v) is 4.72. The third-order valence-electron chi connectivity index (χ3n) is 6.62. The highest BCUT2D eigenvalue weighted by molar-refractivity contribution is 5.99. The third kappa shape index (κ3) is 4.74. The highest BCUT2D eigenvalue weighted by atomic mass is 16.5. The Kier molecular flexibility index (Phi) is 6.91. The summed E-state index contributed by atoms with van der Waals surface area (Å²) in [6, 6.07) is 27.9. The van der Waals surface area contributed by atoms with Gasteiger partial charge >= 0.3 is 18.0 Å². The summed E-state index contributed by atoms with van der Waals surface area (Å²) in [5, 5.41) is 4.58. The van der Waals surface area contributed by atoms with Crippen LogP contribution in [0.3, 0.4) is 0 Å². The summed E-state index contributed by atoms with van der Waals surface area (Å²) in [7, 11) is 1.30. The van der Waals surface area contributed by atoms with Crippen LogP contribution in [0, 0.1) is 0 Å². The van der Waals surface area contributed by atoms with Crippen LogP contribution in [0.5, 0.6) is 5.75 Å². The minimum atomic E-state index is -0.911. The first kappa shape index (κ1) is 24.8. The molecule has 0 spiro atoms. The number of hydrogen-bond donors (Lipinski definition) is 1. The molecule has 0 unspecified atom stereocenters. The lowest BCUT2D eigenvalue weighted by atomic mass is 9.90. The zero-order valence-corrected chi connectivity index (χ0v) is 21.0. The van der Waals surface area contributed by atoms with E-state index in [4.69, 9.17) is 9.47 Å². The van der Waals surface area contributed by atoms with Crippen LogP contribution >= 0.6 is 0 Å². The molecule has 1 aliphatic heterocycles. The maximum atomic E-state index is 13.5. The van der Waals surface area contributed by atoms with Crippen molar-refractivity contribution >= 4 is 28.7 Å². The molecule has 5 rings (SSSR count). The van der Waals surface area contributed by atoms with E-state index in [9.17, 15) is 14.4 Å². The van der Waals surface area contributed by atoms with E-state index in [-0.39, 0.29) is 23.9 Å². The number of methoxy groups -OCH3 is 1. The van der Waals surface area contributed by atoms with Crippen molar-refractivity contribution in [1.29, 1.82) is 0 Å². The molecule has 4 aromatic carbocycles. The molecule has 0 bridgehead atoms. The average Bonchev–Trinajstić information content (AvgIpc) is 2.95. The van der Waals surface area contributed by atoms with Crippen molar-refractivity contribution in [3.63, 3.8) is 0 Å². The number of carbonyl (C=O) groups is 3. The zero-order valence-electron chi connectivity index (χ0n) is 21.0. The van der Waals surface area contributed by atoms with E-state index < -0.39 is 18.0 Å². The minimum Gasteiger partial charge on any atom is -0.466 e. The molecule has 0 saturated heterocycles. The van der Waals surface area contributed by atoms with Gasteiger partial charge in [-0.2, -0.15) is 0 Å². The van der Waals surface area contributed by atoms with Crippen LogP contribution in [0.15, 0.2) is 108 Å². The second-order valence-corrected chi connectivity index (χ2v) is 8.90. The lowest BCUT2D eigenvalue weighted by Crippen LogP contribution is -2.47. The van der Waals surface area contributed by atoms with Gasteiger partial charge in [-0.3, -0.25) is 4.90 Å². The predicted molar refractivity (Wildman–Crippen MR) is 143 cm³/mol. The van der Waals surface area contributed by atoms with E-state index in [2.05, 4.69) is 5.32 Å². The van der Waals surface area contributed by atoms with Gasteiger partial charge in [-0.25, -0.2) is 14.4 Å². The van der Waals surface area contributed by atoms with Gasteiger partial charge < -0.3 is 14.8 Å². The van der Waals surface area contributed by atoms with Gasteiger partial charge in [0.2, 0.25) is 0 Å². The number of amides is 2. The molecular weight excluding hydrogens is 480 g/mol. The summed E-state index contributed by atoms with van der Waals surface area (Å²) >= 11 is 0. The summed E-state index contributed by atoms with van der Waals surface area (Å²) < 4.78 is 11.0. The van der Waals surface area contributed by atoms with Crippen molar-refractivity contribution in [3.8, 4) is 5.75 Å². The van der Waals surface area contributed by atoms with E-state index >= 15 is 0 Å². The quantitative estimate of drug-likeness (QED) is 0.265. The average molecular weight is 507 g/mol. The molecule has 38 heavy (non-hydrogen) atoms. The Labute approximate surface area is 220 Å². The molecule has 0 aromatic heterocycles. The molecule has 1 atom stereocenters. The maximum Gasteiger partial charge on any atom is 0.343 e. The van der Waals surface area contributed by atoms with Crippen molar-refractivity contribution in [2.45, 2.75) is 19.5 Å². The van der Waals surface area contributed by atoms with Gasteiger partial charge in [-0.1, -0.05) is 78.9 Å². The third-order valence-corrected chi connectivity index (χ3v) is 6.62. The van der Waals surface area contributed by atoms with E-state index in [1.165, 1.54) is 12.0 Å². The highest BCUT2D eigenvalue weighted by Crippen LogP contribution is 2.40. The summed E-state index contributed by atoms with van der Waals surface area (Å²) in [5.74, 6) is -0.886. The van der Waals surface area contributed by atoms with Crippen molar-refractivity contribution < 1.29 is 23.9 Å². The lowest BCUT2D eigenvalue weighted by molar-refractivity contribution is -0.136. The Morgan fingerprint density at radius 2 is 1.50 bits per heavy atom. The highest BCUT2D eigenvalue weighted by Gasteiger charge is 2.38. The first-order valence-electron chi connectivity index (χ1n) is 12.2. The van der Waals surface area contributed by atoms with E-state index in [1.54, 1.807) is 37.3 Å². The normalized spacial score (nSPS) is 15.3. The number of rotatable bonds is 6. The van der Waals surface area contributed by atoms with Crippen LogP contribution in [0.4, 0.5) is 4.79 Å². The zero-order chi connectivity index (χ0) is 26.6. The summed E-state index contributed by atoms with van der Waals surface area (Å²) in [5.41, 5.74) is 2.51.